The van der Waals surface area contributed by atoms with E-state index in [1.807, 2.05) is 13.0 Å². The van der Waals surface area contributed by atoms with Gasteiger partial charge in [0.1, 0.15) is 5.75 Å². The van der Waals surface area contributed by atoms with Gasteiger partial charge in [-0.3, -0.25) is 0 Å². The van der Waals surface area contributed by atoms with Crippen LogP contribution in [0.25, 0.3) is 0 Å². The Hall–Kier alpha value is -1.58. The summed E-state index contributed by atoms with van der Waals surface area (Å²) < 4.78 is 18.9. The smallest absolute Gasteiger partial charge is 0.165 e. The van der Waals surface area contributed by atoms with Crippen LogP contribution in [0.2, 0.25) is 5.02 Å². The molecule has 0 bridgehead atoms. The van der Waals surface area contributed by atoms with Crippen LogP contribution in [0.15, 0.2) is 42.5 Å². The average molecular weight is 266 g/mol. The second kappa shape index (κ2) is 5.38. The predicted octanol–water partition coefficient (Wildman–Crippen LogP) is 4.29. The number of ether oxygens (including phenoxy) is 1. The number of benzene rings is 2. The van der Waals surface area contributed by atoms with Crippen LogP contribution in [0, 0.1) is 5.82 Å². The van der Waals surface area contributed by atoms with Crippen LogP contribution in [-0.4, -0.2) is 0 Å². The monoisotopic (exact) mass is 265 g/mol. The molecule has 0 saturated carbocycles. The minimum atomic E-state index is -0.426. The standard InChI is InChI=1S/C14H13ClFNO/c1-9(17)10-6-7-13(11(15)8-10)18-14-5-3-2-4-12(14)16/h2-9H,17H2,1H3/t9-/m1/s1. The fourth-order valence-corrected chi connectivity index (χ4v) is 1.76. The molecule has 94 valence electrons. The molecule has 0 radical (unpaired) electrons. The van der Waals surface area contributed by atoms with E-state index in [-0.39, 0.29) is 11.8 Å². The van der Waals surface area contributed by atoms with Gasteiger partial charge in [-0.2, -0.15) is 0 Å². The van der Waals surface area contributed by atoms with E-state index in [0.29, 0.717) is 10.8 Å². The largest absolute Gasteiger partial charge is 0.453 e. The van der Waals surface area contributed by atoms with Crippen molar-refractivity contribution in [3.63, 3.8) is 0 Å². The molecule has 2 aromatic rings. The van der Waals surface area contributed by atoms with E-state index in [4.69, 9.17) is 22.1 Å². The molecule has 2 rings (SSSR count). The van der Waals surface area contributed by atoms with E-state index >= 15 is 0 Å². The van der Waals surface area contributed by atoms with Crippen molar-refractivity contribution in [2.75, 3.05) is 0 Å². The van der Waals surface area contributed by atoms with Crippen LogP contribution < -0.4 is 10.5 Å². The molecule has 0 spiro atoms. The Morgan fingerprint density at radius 1 is 1.17 bits per heavy atom. The molecule has 1 atom stereocenters. The highest BCUT2D eigenvalue weighted by Crippen LogP contribution is 2.32. The first kappa shape index (κ1) is 12.9. The molecule has 0 aliphatic heterocycles. The van der Waals surface area contributed by atoms with Crippen LogP contribution in [0.5, 0.6) is 11.5 Å². The van der Waals surface area contributed by atoms with E-state index in [2.05, 4.69) is 0 Å². The van der Waals surface area contributed by atoms with E-state index in [0.717, 1.165) is 5.56 Å². The highest BCUT2D eigenvalue weighted by Gasteiger charge is 2.09. The Balaban J connectivity index is 2.28. The average Bonchev–Trinajstić information content (AvgIpc) is 2.34. The van der Waals surface area contributed by atoms with Crippen LogP contribution in [0.3, 0.4) is 0 Å². The van der Waals surface area contributed by atoms with Crippen molar-refractivity contribution in [3.05, 3.63) is 58.9 Å². The van der Waals surface area contributed by atoms with Gasteiger partial charge in [0.25, 0.3) is 0 Å². The van der Waals surface area contributed by atoms with E-state index in [9.17, 15) is 4.39 Å². The number of rotatable bonds is 3. The minimum Gasteiger partial charge on any atom is -0.453 e. The van der Waals surface area contributed by atoms with Crippen molar-refractivity contribution < 1.29 is 9.13 Å². The van der Waals surface area contributed by atoms with Crippen LogP contribution in [0.1, 0.15) is 18.5 Å². The fourth-order valence-electron chi connectivity index (χ4n) is 1.53. The quantitative estimate of drug-likeness (QED) is 0.898. The lowest BCUT2D eigenvalue weighted by atomic mass is 10.1. The summed E-state index contributed by atoms with van der Waals surface area (Å²) in [6.45, 7) is 1.86. The Kier molecular flexibility index (Phi) is 3.84. The molecule has 0 unspecified atom stereocenters. The molecule has 0 saturated heterocycles. The van der Waals surface area contributed by atoms with Crippen molar-refractivity contribution in [2.24, 2.45) is 5.73 Å². The van der Waals surface area contributed by atoms with Gasteiger partial charge in [-0.25, -0.2) is 4.39 Å². The second-order valence-electron chi connectivity index (χ2n) is 4.01. The third kappa shape index (κ3) is 2.81. The van der Waals surface area contributed by atoms with Crippen molar-refractivity contribution in [2.45, 2.75) is 13.0 Å². The lowest BCUT2D eigenvalue weighted by Crippen LogP contribution is -2.04. The molecule has 0 fully saturated rings. The van der Waals surface area contributed by atoms with Crippen molar-refractivity contribution in [1.82, 2.24) is 0 Å². The lowest BCUT2D eigenvalue weighted by Gasteiger charge is -2.11. The maximum Gasteiger partial charge on any atom is 0.165 e. The van der Waals surface area contributed by atoms with Gasteiger partial charge in [0.2, 0.25) is 0 Å². The molecule has 0 aliphatic carbocycles. The van der Waals surface area contributed by atoms with Crippen LogP contribution in [-0.2, 0) is 0 Å². The van der Waals surface area contributed by atoms with Crippen molar-refractivity contribution >= 4 is 11.6 Å². The van der Waals surface area contributed by atoms with Gasteiger partial charge in [-0.1, -0.05) is 29.8 Å². The summed E-state index contributed by atoms with van der Waals surface area (Å²) in [4.78, 5) is 0. The normalized spacial score (nSPS) is 12.2. The van der Waals surface area contributed by atoms with Crippen molar-refractivity contribution in [3.8, 4) is 11.5 Å². The highest BCUT2D eigenvalue weighted by atomic mass is 35.5. The van der Waals surface area contributed by atoms with E-state index in [1.165, 1.54) is 6.07 Å². The Bertz CT molecular complexity index is 557. The summed E-state index contributed by atoms with van der Waals surface area (Å²) in [7, 11) is 0. The summed E-state index contributed by atoms with van der Waals surface area (Å²) in [5.74, 6) is 0.129. The van der Waals surface area contributed by atoms with Gasteiger partial charge in [0.15, 0.2) is 11.6 Å². The molecule has 2 nitrogen and oxygen atoms in total. The third-order valence-electron chi connectivity index (χ3n) is 2.54. The van der Waals surface area contributed by atoms with Gasteiger partial charge in [-0.15, -0.1) is 0 Å². The number of halogens is 2. The summed E-state index contributed by atoms with van der Waals surface area (Å²) in [6, 6.07) is 11.3. The van der Waals surface area contributed by atoms with Gasteiger partial charge in [0.05, 0.1) is 5.02 Å². The van der Waals surface area contributed by atoms with Gasteiger partial charge >= 0.3 is 0 Å². The molecule has 2 aromatic carbocycles. The molecule has 0 aliphatic rings. The summed E-state index contributed by atoms with van der Waals surface area (Å²) >= 11 is 6.07. The number of nitrogens with two attached hydrogens (primary N) is 1. The first-order valence-electron chi connectivity index (χ1n) is 5.55. The zero-order chi connectivity index (χ0) is 13.1. The zero-order valence-electron chi connectivity index (χ0n) is 9.86. The molecule has 0 heterocycles. The SMILES string of the molecule is C[C@@H](N)c1ccc(Oc2ccccc2F)c(Cl)c1. The number of para-hydroxylation sites is 1. The Morgan fingerprint density at radius 3 is 2.50 bits per heavy atom. The summed E-state index contributed by atoms with van der Waals surface area (Å²) in [5, 5.41) is 0.410. The number of hydrogen-bond donors (Lipinski definition) is 1. The Morgan fingerprint density at radius 2 is 1.89 bits per heavy atom. The third-order valence-corrected chi connectivity index (χ3v) is 2.83. The van der Waals surface area contributed by atoms with Gasteiger partial charge < -0.3 is 10.5 Å². The van der Waals surface area contributed by atoms with Crippen LogP contribution in [0.4, 0.5) is 4.39 Å². The minimum absolute atomic E-state index is 0.106. The molecular formula is C14H13ClFNO. The molecule has 4 heteroatoms. The fraction of sp³-hybridized carbons (Fsp3) is 0.143. The molecule has 2 N–H and O–H groups in total. The summed E-state index contributed by atoms with van der Waals surface area (Å²) in [6.07, 6.45) is 0. The van der Waals surface area contributed by atoms with Gasteiger partial charge in [0, 0.05) is 6.04 Å². The maximum atomic E-state index is 13.4. The van der Waals surface area contributed by atoms with Crippen molar-refractivity contribution in [1.29, 1.82) is 0 Å². The molecule has 18 heavy (non-hydrogen) atoms. The maximum absolute atomic E-state index is 13.4. The molecule has 0 amide bonds. The number of hydrogen-bond acceptors (Lipinski definition) is 2. The topological polar surface area (TPSA) is 35.2 Å². The zero-order valence-corrected chi connectivity index (χ0v) is 10.6. The second-order valence-corrected chi connectivity index (χ2v) is 4.42. The highest BCUT2D eigenvalue weighted by molar-refractivity contribution is 6.32. The Labute approximate surface area is 110 Å². The van der Waals surface area contributed by atoms with Crippen LogP contribution >= 0.6 is 11.6 Å². The molecular weight excluding hydrogens is 253 g/mol. The van der Waals surface area contributed by atoms with Gasteiger partial charge in [-0.05, 0) is 36.8 Å². The molecule has 0 aromatic heterocycles. The first-order valence-corrected chi connectivity index (χ1v) is 5.93. The van der Waals surface area contributed by atoms with E-state index in [1.54, 1.807) is 30.3 Å². The first-order chi connectivity index (χ1) is 8.58. The predicted molar refractivity (Wildman–Crippen MR) is 70.5 cm³/mol. The lowest BCUT2D eigenvalue weighted by molar-refractivity contribution is 0.442. The summed E-state index contributed by atoms with van der Waals surface area (Å²) in [5.41, 5.74) is 6.65. The van der Waals surface area contributed by atoms with E-state index < -0.39 is 5.82 Å².